The number of aliphatic hydroxyl groups excluding tert-OH is 1. The molecule has 4 N–H and O–H groups in total. The van der Waals surface area contributed by atoms with E-state index in [1.165, 1.54) is 13.8 Å². The van der Waals surface area contributed by atoms with Gasteiger partial charge in [-0.15, -0.1) is 11.8 Å². The first-order valence-corrected chi connectivity index (χ1v) is 8.79. The van der Waals surface area contributed by atoms with Crippen LogP contribution in [0.1, 0.15) is 13.8 Å². The number of thioether (sulfide) groups is 2. The number of amides is 2. The van der Waals surface area contributed by atoms with Crippen LogP contribution < -0.4 is 5.32 Å². The van der Waals surface area contributed by atoms with Gasteiger partial charge in [0.15, 0.2) is 5.70 Å². The predicted molar refractivity (Wildman–Crippen MR) is 85.8 cm³/mol. The van der Waals surface area contributed by atoms with Crippen molar-refractivity contribution in [3.05, 3.63) is 9.93 Å². The monoisotopic (exact) mass is 376 g/mol. The second-order valence-corrected chi connectivity index (χ2v) is 7.74. The first-order chi connectivity index (χ1) is 11.1. The molecule has 132 valence electrons. The van der Waals surface area contributed by atoms with Gasteiger partial charge in [-0.2, -0.15) is 0 Å². The molecule has 0 aromatic heterocycles. The second kappa shape index (κ2) is 7.03. The van der Waals surface area contributed by atoms with Crippen LogP contribution in [0.2, 0.25) is 0 Å². The van der Waals surface area contributed by atoms with E-state index in [9.17, 15) is 29.4 Å². The Kier molecular flexibility index (Phi) is 5.45. The number of fused-ring (bicyclic) bond motifs is 1. The number of hydrogen-bond acceptors (Lipinski definition) is 7. The van der Waals surface area contributed by atoms with Gasteiger partial charge >= 0.3 is 11.9 Å². The number of nitrogens with zero attached hydrogens (tertiary/aromatic N) is 1. The zero-order valence-electron chi connectivity index (χ0n) is 12.8. The van der Waals surface area contributed by atoms with Crippen molar-refractivity contribution in [1.29, 1.82) is 0 Å². The first-order valence-electron chi connectivity index (χ1n) is 6.93. The van der Waals surface area contributed by atoms with E-state index in [1.807, 2.05) is 0 Å². The molecular formula is C13H16N2O7S2. The quantitative estimate of drug-likeness (QED) is 0.431. The zero-order valence-corrected chi connectivity index (χ0v) is 14.4. The number of nitrogens with one attached hydrogen (secondary N) is 1. The Labute approximate surface area is 145 Å². The molecule has 0 radical (unpaired) electrons. The van der Waals surface area contributed by atoms with Gasteiger partial charge in [0.25, 0.3) is 0 Å². The van der Waals surface area contributed by atoms with Crippen LogP contribution in [0.15, 0.2) is 9.93 Å². The van der Waals surface area contributed by atoms with Crippen LogP contribution in [0.3, 0.4) is 0 Å². The Morgan fingerprint density at radius 3 is 2.46 bits per heavy atom. The molecule has 24 heavy (non-hydrogen) atoms. The normalized spacial score (nSPS) is 25.0. The standard InChI is InChI=1S/C13H16N2O7S2/c1-4(16)7-9(18)15-8(12(21)22)13(24-10(7)15)23-3-6(11(19)20)14-5(2)17/h4,6-7,10,16H,3H2,1-2H3,(H,14,17)(H,19,20)(H,21,22)/t4?,6-,7-,10+/m0/s1. The summed E-state index contributed by atoms with van der Waals surface area (Å²) in [6.45, 7) is 2.65. The molecule has 2 aliphatic rings. The van der Waals surface area contributed by atoms with E-state index in [2.05, 4.69) is 5.32 Å². The van der Waals surface area contributed by atoms with Gasteiger partial charge in [0.05, 0.1) is 16.3 Å². The van der Waals surface area contributed by atoms with Crippen molar-refractivity contribution in [1.82, 2.24) is 10.2 Å². The Bertz CT molecular complexity index is 634. The number of carbonyl (C=O) groups is 4. The number of β-lactam (4-membered cyclic amide) rings is 1. The van der Waals surface area contributed by atoms with Crippen molar-refractivity contribution in [2.75, 3.05) is 5.75 Å². The summed E-state index contributed by atoms with van der Waals surface area (Å²) in [7, 11) is 0. The highest BCUT2D eigenvalue weighted by Gasteiger charge is 2.57. The van der Waals surface area contributed by atoms with E-state index < -0.39 is 47.2 Å². The molecule has 4 atom stereocenters. The Morgan fingerprint density at radius 1 is 1.38 bits per heavy atom. The number of carboxylic acids is 2. The fourth-order valence-electron chi connectivity index (χ4n) is 2.43. The van der Waals surface area contributed by atoms with E-state index in [-0.39, 0.29) is 11.4 Å². The molecule has 2 amide bonds. The lowest BCUT2D eigenvalue weighted by molar-refractivity contribution is -0.156. The van der Waals surface area contributed by atoms with Gasteiger partial charge in [-0.25, -0.2) is 9.59 Å². The van der Waals surface area contributed by atoms with E-state index in [4.69, 9.17) is 5.11 Å². The van der Waals surface area contributed by atoms with Crippen LogP contribution in [-0.2, 0) is 19.2 Å². The molecule has 2 aliphatic heterocycles. The van der Waals surface area contributed by atoms with Crippen LogP contribution >= 0.6 is 23.5 Å². The number of rotatable bonds is 7. The molecule has 2 heterocycles. The van der Waals surface area contributed by atoms with Crippen LogP contribution in [0.25, 0.3) is 0 Å². The van der Waals surface area contributed by atoms with Crippen LogP contribution in [0, 0.1) is 5.92 Å². The largest absolute Gasteiger partial charge is 0.480 e. The van der Waals surface area contributed by atoms with E-state index in [0.29, 0.717) is 4.24 Å². The number of aliphatic carboxylic acids is 2. The molecule has 0 aliphatic carbocycles. The Hall–Kier alpha value is -1.72. The maximum Gasteiger partial charge on any atom is 0.354 e. The molecule has 1 saturated heterocycles. The highest BCUT2D eigenvalue weighted by Crippen LogP contribution is 2.53. The lowest BCUT2D eigenvalue weighted by Crippen LogP contribution is -2.60. The molecule has 1 fully saturated rings. The Balaban J connectivity index is 2.14. The number of hydrogen-bond donors (Lipinski definition) is 4. The molecule has 0 spiro atoms. The molecule has 0 aromatic carbocycles. The second-order valence-electron chi connectivity index (χ2n) is 5.33. The van der Waals surface area contributed by atoms with E-state index in [0.717, 1.165) is 28.4 Å². The average molecular weight is 376 g/mol. The third-order valence-corrected chi connectivity index (χ3v) is 6.28. The highest BCUT2D eigenvalue weighted by atomic mass is 32.2. The lowest BCUT2D eigenvalue weighted by atomic mass is 9.92. The van der Waals surface area contributed by atoms with Gasteiger partial charge in [-0.05, 0) is 6.92 Å². The van der Waals surface area contributed by atoms with Crippen molar-refractivity contribution in [2.24, 2.45) is 5.92 Å². The maximum atomic E-state index is 12.0. The summed E-state index contributed by atoms with van der Waals surface area (Å²) in [5, 5.41) is 29.8. The average Bonchev–Trinajstić information content (AvgIpc) is 2.76. The molecule has 2 rings (SSSR count). The van der Waals surface area contributed by atoms with Crippen LogP contribution in [0.4, 0.5) is 0 Å². The number of carboxylic acid groups (broad SMARTS) is 2. The van der Waals surface area contributed by atoms with Gasteiger partial charge < -0.3 is 20.6 Å². The minimum absolute atomic E-state index is 0.0812. The summed E-state index contributed by atoms with van der Waals surface area (Å²) in [4.78, 5) is 46.7. The topological polar surface area (TPSA) is 144 Å². The molecule has 9 nitrogen and oxygen atoms in total. The summed E-state index contributed by atoms with van der Waals surface area (Å²) in [5.41, 5.74) is -0.205. The van der Waals surface area contributed by atoms with Gasteiger partial charge in [-0.3, -0.25) is 14.5 Å². The predicted octanol–water partition coefficient (Wildman–Crippen LogP) is -0.525. The number of aliphatic hydroxyl groups is 1. The van der Waals surface area contributed by atoms with Crippen molar-refractivity contribution < 1.29 is 34.5 Å². The molecule has 0 aromatic rings. The lowest BCUT2D eigenvalue weighted by Gasteiger charge is -2.43. The van der Waals surface area contributed by atoms with E-state index >= 15 is 0 Å². The third-order valence-electron chi connectivity index (χ3n) is 3.53. The summed E-state index contributed by atoms with van der Waals surface area (Å²) in [5.74, 6) is -4.28. The maximum absolute atomic E-state index is 12.0. The van der Waals surface area contributed by atoms with Gasteiger partial charge in [-0.1, -0.05) is 11.8 Å². The third kappa shape index (κ3) is 3.37. The zero-order chi connectivity index (χ0) is 18.2. The van der Waals surface area contributed by atoms with Crippen molar-refractivity contribution in [3.63, 3.8) is 0 Å². The van der Waals surface area contributed by atoms with Gasteiger partial charge in [0, 0.05) is 12.7 Å². The molecule has 0 saturated carbocycles. The molecule has 11 heteroatoms. The minimum Gasteiger partial charge on any atom is -0.480 e. The summed E-state index contributed by atoms with van der Waals surface area (Å²) in [6, 6.07) is -1.17. The first kappa shape index (κ1) is 18.6. The van der Waals surface area contributed by atoms with Crippen LogP contribution in [0.5, 0.6) is 0 Å². The molecule has 0 bridgehead atoms. The van der Waals surface area contributed by atoms with Crippen LogP contribution in [-0.4, -0.2) is 67.2 Å². The highest BCUT2D eigenvalue weighted by molar-refractivity contribution is 8.22. The fourth-order valence-corrected chi connectivity index (χ4v) is 5.39. The molecular weight excluding hydrogens is 360 g/mol. The van der Waals surface area contributed by atoms with Crippen molar-refractivity contribution >= 4 is 47.3 Å². The van der Waals surface area contributed by atoms with Crippen molar-refractivity contribution in [2.45, 2.75) is 31.4 Å². The summed E-state index contributed by atoms with van der Waals surface area (Å²) in [6.07, 6.45) is -0.906. The van der Waals surface area contributed by atoms with Gasteiger partial charge in [0.1, 0.15) is 11.4 Å². The Morgan fingerprint density at radius 2 is 2.00 bits per heavy atom. The fraction of sp³-hybridized carbons (Fsp3) is 0.538. The summed E-state index contributed by atoms with van der Waals surface area (Å²) < 4.78 is 0.292. The van der Waals surface area contributed by atoms with E-state index in [1.54, 1.807) is 0 Å². The minimum atomic E-state index is -1.30. The SMILES string of the molecule is CC(=O)N[C@@H](CSC1=C(C(=O)O)N2C(=O)[C@H](C(C)O)[C@H]2S1)C(=O)O. The molecule has 1 unspecified atom stereocenters. The summed E-state index contributed by atoms with van der Waals surface area (Å²) >= 11 is 2.06. The number of carbonyl (C=O) groups excluding carboxylic acids is 2. The van der Waals surface area contributed by atoms with Gasteiger partial charge in [0.2, 0.25) is 11.8 Å². The smallest absolute Gasteiger partial charge is 0.354 e. The van der Waals surface area contributed by atoms with Crippen molar-refractivity contribution in [3.8, 4) is 0 Å².